The first kappa shape index (κ1) is 26.4. The number of benzene rings is 3. The number of halogens is 2. The third-order valence-corrected chi connectivity index (χ3v) is 7.60. The predicted octanol–water partition coefficient (Wildman–Crippen LogP) is 3.61. The molecule has 38 heavy (non-hydrogen) atoms. The molecule has 12 heteroatoms. The number of nitrogens with zero attached hydrogens (tertiary/aromatic N) is 1. The zero-order valence-corrected chi connectivity index (χ0v) is 21.7. The molecule has 4 aromatic rings. The van der Waals surface area contributed by atoms with Gasteiger partial charge in [0.05, 0.1) is 17.8 Å². The average Bonchev–Trinajstić information content (AvgIpc) is 3.66. The highest BCUT2D eigenvalue weighted by atomic mass is 35.5. The Hall–Kier alpha value is -3.22. The third kappa shape index (κ3) is 5.08. The third-order valence-electron chi connectivity index (χ3n) is 6.57. The van der Waals surface area contributed by atoms with E-state index in [0.717, 1.165) is 22.7 Å². The minimum absolute atomic E-state index is 0.0102. The zero-order valence-electron chi connectivity index (χ0n) is 20.1. The molecule has 0 aliphatic heterocycles. The minimum atomic E-state index is -2.69. The van der Waals surface area contributed by atoms with Gasteiger partial charge in [-0.1, -0.05) is 17.7 Å². The summed E-state index contributed by atoms with van der Waals surface area (Å²) < 4.78 is 45.3. The number of amides is 1. The maximum Gasteiger partial charge on any atom is 0.489 e. The van der Waals surface area contributed by atoms with Gasteiger partial charge in [0.25, 0.3) is 5.91 Å². The second-order valence-corrected chi connectivity index (χ2v) is 10.3. The van der Waals surface area contributed by atoms with Gasteiger partial charge in [-0.15, -0.1) is 0 Å². The van der Waals surface area contributed by atoms with Crippen LogP contribution in [0.25, 0.3) is 22.3 Å². The van der Waals surface area contributed by atoms with Crippen molar-refractivity contribution in [1.82, 2.24) is 5.32 Å². The highest BCUT2D eigenvalue weighted by Gasteiger charge is 2.30. The molecule has 0 radical (unpaired) electrons. The first-order chi connectivity index (χ1) is 18.2. The Morgan fingerprint density at radius 1 is 1.21 bits per heavy atom. The van der Waals surface area contributed by atoms with E-state index in [1.807, 2.05) is 6.07 Å². The van der Waals surface area contributed by atoms with Gasteiger partial charge in [0.2, 0.25) is 0 Å². The van der Waals surface area contributed by atoms with Gasteiger partial charge >= 0.3 is 7.12 Å². The molecule has 5 rings (SSSR count). The largest absolute Gasteiger partial charge is 0.755 e. The molecule has 1 heterocycles. The molecule has 1 aliphatic carbocycles. The molecule has 0 spiro atoms. The van der Waals surface area contributed by atoms with Crippen LogP contribution < -0.4 is 15.1 Å². The first-order valence-electron chi connectivity index (χ1n) is 11.8. The summed E-state index contributed by atoms with van der Waals surface area (Å²) >= 11 is 3.47. The SMILES string of the molecule is CNC(=O)c1c(-c2ccc(F)cc2)oc2cc(CN(c3ccc(B(O)O)c(Cl)c3)S(=O)[O-])c(C3CC3)cc12. The summed E-state index contributed by atoms with van der Waals surface area (Å²) in [6.07, 6.45) is 1.84. The van der Waals surface area contributed by atoms with Crippen molar-refractivity contribution in [2.24, 2.45) is 0 Å². The van der Waals surface area contributed by atoms with Crippen LogP contribution in [0, 0.1) is 5.82 Å². The second-order valence-electron chi connectivity index (χ2n) is 9.05. The van der Waals surface area contributed by atoms with Crippen molar-refractivity contribution < 1.29 is 32.4 Å². The fourth-order valence-electron chi connectivity index (χ4n) is 4.53. The van der Waals surface area contributed by atoms with E-state index in [-0.39, 0.29) is 40.3 Å². The number of rotatable bonds is 8. The summed E-state index contributed by atoms with van der Waals surface area (Å²) in [5.74, 6) is -0.293. The highest BCUT2D eigenvalue weighted by Crippen LogP contribution is 2.45. The quantitative estimate of drug-likeness (QED) is 0.225. The van der Waals surface area contributed by atoms with Crippen molar-refractivity contribution in [3.8, 4) is 11.3 Å². The van der Waals surface area contributed by atoms with Crippen LogP contribution in [0.15, 0.2) is 59.0 Å². The molecular weight excluding hydrogens is 534 g/mol. The zero-order chi connectivity index (χ0) is 27.1. The van der Waals surface area contributed by atoms with Crippen molar-refractivity contribution in [3.63, 3.8) is 0 Å². The molecule has 1 saturated carbocycles. The Balaban J connectivity index is 1.63. The van der Waals surface area contributed by atoms with Crippen LogP contribution in [-0.2, 0) is 17.8 Å². The van der Waals surface area contributed by atoms with Crippen molar-refractivity contribution >= 4 is 58.0 Å². The molecule has 196 valence electrons. The van der Waals surface area contributed by atoms with Crippen LogP contribution >= 0.6 is 11.6 Å². The number of fused-ring (bicyclic) bond motifs is 1. The van der Waals surface area contributed by atoms with Gasteiger partial charge in [0, 0.05) is 39.7 Å². The molecule has 8 nitrogen and oxygen atoms in total. The number of furan rings is 1. The van der Waals surface area contributed by atoms with E-state index in [1.54, 1.807) is 6.07 Å². The first-order valence-corrected chi connectivity index (χ1v) is 13.2. The Morgan fingerprint density at radius 2 is 1.92 bits per heavy atom. The maximum absolute atomic E-state index is 13.5. The molecule has 0 saturated heterocycles. The van der Waals surface area contributed by atoms with Crippen molar-refractivity contribution in [2.75, 3.05) is 11.4 Å². The molecule has 1 aliphatic rings. The summed E-state index contributed by atoms with van der Waals surface area (Å²) in [5, 5.41) is 22.1. The Labute approximate surface area is 225 Å². The van der Waals surface area contributed by atoms with Gasteiger partial charge < -0.3 is 24.3 Å². The fourth-order valence-corrected chi connectivity index (χ4v) is 5.34. The summed E-state index contributed by atoms with van der Waals surface area (Å²) in [5.41, 5.74) is 3.11. The number of anilines is 1. The normalized spacial score (nSPS) is 13.9. The van der Waals surface area contributed by atoms with E-state index in [9.17, 15) is 28.0 Å². The van der Waals surface area contributed by atoms with Crippen LogP contribution in [0.1, 0.15) is 40.2 Å². The van der Waals surface area contributed by atoms with E-state index in [1.165, 1.54) is 49.5 Å². The Kier molecular flexibility index (Phi) is 7.30. The maximum atomic E-state index is 13.5. The van der Waals surface area contributed by atoms with Crippen LogP contribution in [0.2, 0.25) is 5.02 Å². The molecule has 3 N–H and O–H groups in total. The Bertz CT molecular complexity index is 1560. The number of hydrogen-bond acceptors (Lipinski definition) is 6. The number of carbonyl (C=O) groups excluding carboxylic acids is 1. The Morgan fingerprint density at radius 3 is 2.50 bits per heavy atom. The lowest BCUT2D eigenvalue weighted by molar-refractivity contribution is 0.0964. The molecular formula is C26H22BClFN2O6S-. The fraction of sp³-hybridized carbons (Fsp3) is 0.192. The summed E-state index contributed by atoms with van der Waals surface area (Å²) in [6.45, 7) is -0.0445. The van der Waals surface area contributed by atoms with Gasteiger partial charge in [-0.05, 0) is 78.4 Å². The van der Waals surface area contributed by atoms with E-state index < -0.39 is 24.2 Å². The number of hydrogen-bond donors (Lipinski definition) is 3. The number of nitrogens with one attached hydrogen (secondary N) is 1. The molecule has 3 aromatic carbocycles. The lowest BCUT2D eigenvalue weighted by Gasteiger charge is -2.28. The molecule has 1 unspecified atom stereocenters. The number of carbonyl (C=O) groups is 1. The summed E-state index contributed by atoms with van der Waals surface area (Å²) in [7, 11) is -0.283. The monoisotopic (exact) mass is 555 g/mol. The highest BCUT2D eigenvalue weighted by molar-refractivity contribution is 7.80. The van der Waals surface area contributed by atoms with Crippen LogP contribution in [0.5, 0.6) is 0 Å². The van der Waals surface area contributed by atoms with E-state index in [2.05, 4.69) is 5.32 Å². The molecule has 1 fully saturated rings. The smallest absolute Gasteiger partial charge is 0.489 e. The van der Waals surface area contributed by atoms with Gasteiger partial charge in [0.15, 0.2) is 0 Å². The van der Waals surface area contributed by atoms with E-state index >= 15 is 0 Å². The molecule has 1 atom stereocenters. The minimum Gasteiger partial charge on any atom is -0.755 e. The van der Waals surface area contributed by atoms with Gasteiger partial charge in [-0.3, -0.25) is 13.3 Å². The van der Waals surface area contributed by atoms with E-state index in [0.29, 0.717) is 27.7 Å². The van der Waals surface area contributed by atoms with Crippen molar-refractivity contribution in [2.45, 2.75) is 25.3 Å². The van der Waals surface area contributed by atoms with Gasteiger partial charge in [0.1, 0.15) is 17.2 Å². The van der Waals surface area contributed by atoms with Crippen molar-refractivity contribution in [1.29, 1.82) is 0 Å². The summed E-state index contributed by atoms with van der Waals surface area (Å²) in [4.78, 5) is 12.9. The van der Waals surface area contributed by atoms with E-state index in [4.69, 9.17) is 16.0 Å². The van der Waals surface area contributed by atoms with Crippen LogP contribution in [0.4, 0.5) is 10.1 Å². The van der Waals surface area contributed by atoms with Crippen molar-refractivity contribution in [3.05, 3.63) is 82.1 Å². The van der Waals surface area contributed by atoms with Crippen LogP contribution in [-0.4, -0.2) is 38.9 Å². The standard InChI is InChI=1S/C26H23BClFN2O6S/c1-30-26(32)24-20-12-19(14-2-3-14)16(10-23(20)37-25(24)15-4-6-17(29)7-5-15)13-31(38(35)36)18-8-9-21(27(33)34)22(28)11-18/h4-12,14,33-34H,2-3,13H2,1H3,(H,30,32)(H,35,36)/p-1. The lowest BCUT2D eigenvalue weighted by Crippen LogP contribution is -2.32. The topological polar surface area (TPSA) is 126 Å². The average molecular weight is 556 g/mol. The van der Waals surface area contributed by atoms with Gasteiger partial charge in [-0.25, -0.2) is 4.39 Å². The summed E-state index contributed by atoms with van der Waals surface area (Å²) in [6, 6.07) is 13.4. The second kappa shape index (κ2) is 10.5. The van der Waals surface area contributed by atoms with Gasteiger partial charge in [-0.2, -0.15) is 0 Å². The van der Waals surface area contributed by atoms with Crippen LogP contribution in [0.3, 0.4) is 0 Å². The molecule has 0 bridgehead atoms. The predicted molar refractivity (Wildman–Crippen MR) is 143 cm³/mol. The molecule has 1 aromatic heterocycles. The molecule has 1 amide bonds. The lowest BCUT2D eigenvalue weighted by atomic mass is 9.80.